The Bertz CT molecular complexity index is 1160. The lowest BCUT2D eigenvalue weighted by atomic mass is 9.88. The highest BCUT2D eigenvalue weighted by Gasteiger charge is 2.32. The van der Waals surface area contributed by atoms with E-state index in [9.17, 15) is 9.59 Å². The Morgan fingerprint density at radius 1 is 1.24 bits per heavy atom. The van der Waals surface area contributed by atoms with Crippen LogP contribution in [0.4, 0.5) is 5.69 Å². The smallest absolute Gasteiger partial charge is 0.337 e. The average molecular weight is 484 g/mol. The number of halogens is 1. The number of piperidine rings is 1. The van der Waals surface area contributed by atoms with Gasteiger partial charge in [-0.15, -0.1) is 11.3 Å². The van der Waals surface area contributed by atoms with Gasteiger partial charge in [0.25, 0.3) is 0 Å². The van der Waals surface area contributed by atoms with Gasteiger partial charge >= 0.3 is 5.97 Å². The molecule has 1 saturated heterocycles. The number of esters is 1. The summed E-state index contributed by atoms with van der Waals surface area (Å²) in [5, 5.41) is 1.44. The number of carbonyl (C=O) groups is 2. The summed E-state index contributed by atoms with van der Waals surface area (Å²) in [6, 6.07) is 14.2. The molecule has 1 aliphatic heterocycles. The van der Waals surface area contributed by atoms with Gasteiger partial charge in [-0.2, -0.15) is 0 Å². The molecule has 8 heteroatoms. The maximum absolute atomic E-state index is 13.3. The van der Waals surface area contributed by atoms with E-state index < -0.39 is 6.04 Å². The van der Waals surface area contributed by atoms with Crippen molar-refractivity contribution in [2.24, 2.45) is 11.7 Å². The number of nitrogens with two attached hydrogens (primary N) is 1. The maximum Gasteiger partial charge on any atom is 0.337 e. The topological polar surface area (TPSA) is 85.5 Å². The second-order valence-electron chi connectivity index (χ2n) is 8.22. The predicted molar refractivity (Wildman–Crippen MR) is 132 cm³/mol. The molecule has 0 radical (unpaired) electrons. The summed E-state index contributed by atoms with van der Waals surface area (Å²) in [5.41, 5.74) is 9.57. The standard InChI is InChI=1S/C25H26ClN3O3S/c1-15-23(33-24(28-15)16-8-10-19(26)11-9-16)22(30)21(27)18-6-4-12-29(14-18)20-7-3-5-17(13-20)25(31)32-2/h3,5,7-11,13,18,21H,4,6,12,14,27H2,1-2H3. The van der Waals surface area contributed by atoms with E-state index in [2.05, 4.69) is 9.88 Å². The van der Waals surface area contributed by atoms with E-state index in [1.165, 1.54) is 18.4 Å². The summed E-state index contributed by atoms with van der Waals surface area (Å²) in [7, 11) is 1.37. The molecule has 2 unspecified atom stereocenters. The first-order valence-corrected chi connectivity index (χ1v) is 12.0. The van der Waals surface area contributed by atoms with Crippen LogP contribution in [0.25, 0.3) is 10.6 Å². The van der Waals surface area contributed by atoms with Gasteiger partial charge in [-0.1, -0.05) is 29.8 Å². The zero-order chi connectivity index (χ0) is 23.5. The Labute approximate surface area is 202 Å². The van der Waals surface area contributed by atoms with Gasteiger partial charge in [0, 0.05) is 29.4 Å². The SMILES string of the molecule is COC(=O)c1cccc(N2CCCC(C(N)C(=O)c3sc(-c4ccc(Cl)cc4)nc3C)C2)c1. The zero-order valence-electron chi connectivity index (χ0n) is 18.6. The number of rotatable bonds is 6. The first-order valence-electron chi connectivity index (χ1n) is 10.8. The summed E-state index contributed by atoms with van der Waals surface area (Å²) < 4.78 is 4.84. The molecule has 1 fully saturated rings. The van der Waals surface area contributed by atoms with Crippen molar-refractivity contribution in [3.8, 4) is 10.6 Å². The Hall–Kier alpha value is -2.74. The van der Waals surface area contributed by atoms with Crippen molar-refractivity contribution in [2.45, 2.75) is 25.8 Å². The molecular weight excluding hydrogens is 458 g/mol. The normalized spacial score (nSPS) is 17.0. The lowest BCUT2D eigenvalue weighted by Gasteiger charge is -2.36. The molecule has 0 saturated carbocycles. The van der Waals surface area contributed by atoms with Crippen LogP contribution < -0.4 is 10.6 Å². The molecule has 33 heavy (non-hydrogen) atoms. The summed E-state index contributed by atoms with van der Waals surface area (Å²) in [6.45, 7) is 3.35. The minimum Gasteiger partial charge on any atom is -0.465 e. The van der Waals surface area contributed by atoms with Crippen molar-refractivity contribution in [3.63, 3.8) is 0 Å². The lowest BCUT2D eigenvalue weighted by Crippen LogP contribution is -2.47. The van der Waals surface area contributed by atoms with Crippen LogP contribution >= 0.6 is 22.9 Å². The molecule has 0 aliphatic carbocycles. The van der Waals surface area contributed by atoms with E-state index in [1.54, 1.807) is 6.07 Å². The van der Waals surface area contributed by atoms with Crippen LogP contribution in [-0.4, -0.2) is 43.0 Å². The second-order valence-corrected chi connectivity index (χ2v) is 9.66. The Morgan fingerprint density at radius 2 is 2.00 bits per heavy atom. The van der Waals surface area contributed by atoms with E-state index in [4.69, 9.17) is 22.1 Å². The monoisotopic (exact) mass is 483 g/mol. The summed E-state index contributed by atoms with van der Waals surface area (Å²) in [4.78, 5) is 32.6. The van der Waals surface area contributed by atoms with Crippen molar-refractivity contribution in [1.82, 2.24) is 4.98 Å². The molecule has 0 bridgehead atoms. The second kappa shape index (κ2) is 10.0. The van der Waals surface area contributed by atoms with E-state index in [0.29, 0.717) is 27.7 Å². The number of hydrogen-bond donors (Lipinski definition) is 1. The number of ether oxygens (including phenoxy) is 1. The van der Waals surface area contributed by atoms with Gasteiger partial charge < -0.3 is 15.4 Å². The fourth-order valence-corrected chi connectivity index (χ4v) is 5.38. The molecule has 0 spiro atoms. The minimum absolute atomic E-state index is 0.00788. The number of carbonyl (C=O) groups excluding carboxylic acids is 2. The quantitative estimate of drug-likeness (QED) is 0.393. The molecule has 3 aromatic rings. The maximum atomic E-state index is 13.3. The fraction of sp³-hybridized carbons (Fsp3) is 0.320. The minimum atomic E-state index is -0.617. The van der Waals surface area contributed by atoms with Gasteiger partial charge in [-0.25, -0.2) is 9.78 Å². The van der Waals surface area contributed by atoms with Gasteiger partial charge in [0.05, 0.1) is 29.3 Å². The highest BCUT2D eigenvalue weighted by atomic mass is 35.5. The van der Waals surface area contributed by atoms with Crippen molar-refractivity contribution >= 4 is 40.4 Å². The van der Waals surface area contributed by atoms with Crippen LogP contribution in [0.2, 0.25) is 5.02 Å². The van der Waals surface area contributed by atoms with Crippen molar-refractivity contribution < 1.29 is 14.3 Å². The molecule has 6 nitrogen and oxygen atoms in total. The van der Waals surface area contributed by atoms with Crippen LogP contribution in [0.3, 0.4) is 0 Å². The summed E-state index contributed by atoms with van der Waals surface area (Å²) in [6.07, 6.45) is 1.80. The fourth-order valence-electron chi connectivity index (χ4n) is 4.19. The first kappa shape index (κ1) is 23.4. The number of anilines is 1. The van der Waals surface area contributed by atoms with E-state index in [-0.39, 0.29) is 17.7 Å². The van der Waals surface area contributed by atoms with E-state index >= 15 is 0 Å². The van der Waals surface area contributed by atoms with E-state index in [1.807, 2.05) is 49.4 Å². The van der Waals surface area contributed by atoms with Gasteiger partial charge in [0.2, 0.25) is 0 Å². The number of Topliss-reactive ketones (excluding diaryl/α,β-unsaturated/α-hetero) is 1. The summed E-state index contributed by atoms with van der Waals surface area (Å²) >= 11 is 7.36. The lowest BCUT2D eigenvalue weighted by molar-refractivity contribution is 0.0600. The van der Waals surface area contributed by atoms with Crippen LogP contribution in [0.1, 0.15) is 38.6 Å². The Morgan fingerprint density at radius 3 is 2.73 bits per heavy atom. The molecular formula is C25H26ClN3O3S. The molecule has 4 rings (SSSR count). The molecule has 1 aromatic heterocycles. The average Bonchev–Trinajstić information content (AvgIpc) is 3.24. The van der Waals surface area contributed by atoms with Gasteiger partial charge in [-0.3, -0.25) is 4.79 Å². The number of nitrogens with zero attached hydrogens (tertiary/aromatic N) is 2. The van der Waals surface area contributed by atoms with Crippen molar-refractivity contribution in [3.05, 3.63) is 69.7 Å². The van der Waals surface area contributed by atoms with Gasteiger partial charge in [-0.05, 0) is 56.0 Å². The van der Waals surface area contributed by atoms with Crippen LogP contribution in [-0.2, 0) is 4.74 Å². The highest BCUT2D eigenvalue weighted by Crippen LogP contribution is 2.32. The highest BCUT2D eigenvalue weighted by molar-refractivity contribution is 7.17. The number of benzene rings is 2. The third kappa shape index (κ3) is 5.11. The Kier molecular flexibility index (Phi) is 7.12. The number of thiazole rings is 1. The van der Waals surface area contributed by atoms with Crippen LogP contribution in [0, 0.1) is 12.8 Å². The first-order chi connectivity index (χ1) is 15.9. The molecule has 1 aliphatic rings. The molecule has 2 atom stereocenters. The van der Waals surface area contributed by atoms with Gasteiger partial charge in [0.15, 0.2) is 5.78 Å². The number of aromatic nitrogens is 1. The molecule has 2 heterocycles. The third-order valence-corrected chi connectivity index (χ3v) is 7.49. The van der Waals surface area contributed by atoms with Crippen LogP contribution in [0.5, 0.6) is 0 Å². The number of methoxy groups -OCH3 is 1. The van der Waals surface area contributed by atoms with Gasteiger partial charge in [0.1, 0.15) is 5.01 Å². The van der Waals surface area contributed by atoms with Crippen molar-refractivity contribution in [2.75, 3.05) is 25.1 Å². The number of hydrogen-bond acceptors (Lipinski definition) is 7. The predicted octanol–water partition coefficient (Wildman–Crippen LogP) is 4.99. The molecule has 2 aromatic carbocycles. The molecule has 172 valence electrons. The van der Waals surface area contributed by atoms with E-state index in [0.717, 1.165) is 35.6 Å². The summed E-state index contributed by atoms with van der Waals surface area (Å²) in [5.74, 6) is -0.427. The largest absolute Gasteiger partial charge is 0.465 e. The number of aryl methyl sites for hydroxylation is 1. The zero-order valence-corrected chi connectivity index (χ0v) is 20.2. The van der Waals surface area contributed by atoms with Crippen LogP contribution in [0.15, 0.2) is 48.5 Å². The van der Waals surface area contributed by atoms with Crippen molar-refractivity contribution in [1.29, 1.82) is 0 Å². The number of ketones is 1. The molecule has 2 N–H and O–H groups in total. The Balaban J connectivity index is 1.50. The molecule has 0 amide bonds. The third-order valence-electron chi connectivity index (χ3n) is 6.01.